The number of carbonyl (C=O) groups is 3. The molecule has 0 saturated carbocycles. The molecule has 0 unspecified atom stereocenters. The molecule has 3 N–H and O–H groups in total. The Bertz CT molecular complexity index is 1570. The number of benzene rings is 1. The second-order valence-electron chi connectivity index (χ2n) is 12.0. The van der Waals surface area contributed by atoms with Crippen LogP contribution in [0.25, 0.3) is 16.8 Å². The normalized spacial score (nSPS) is 25.7. The molecular weight excluding hydrogens is 560 g/mol. The Kier molecular flexibility index (Phi) is 9.09. The Hall–Kier alpha value is -4.58. The van der Waals surface area contributed by atoms with Crippen molar-refractivity contribution in [2.75, 3.05) is 6.54 Å². The first kappa shape index (κ1) is 30.9. The lowest BCUT2D eigenvalue weighted by Crippen LogP contribution is -2.60. The van der Waals surface area contributed by atoms with Crippen molar-refractivity contribution in [1.82, 2.24) is 41.0 Å². The van der Waals surface area contributed by atoms with Crippen molar-refractivity contribution in [3.8, 4) is 0 Å². The summed E-state index contributed by atoms with van der Waals surface area (Å²) >= 11 is 0. The van der Waals surface area contributed by atoms with Gasteiger partial charge < -0.3 is 15.4 Å². The SMILES string of the molecule is C=C1N[C@@H](CCn2ccnn2)C(=O)N[C@@H](C)C(=O)N2CCC[C@H](N2)C(=O)O[C@H](C)c2ccc3cnc(cc3c2)/C=C/C1(C)C. The fourth-order valence-electron chi connectivity index (χ4n) is 5.24. The minimum Gasteiger partial charge on any atom is -0.457 e. The lowest BCUT2D eigenvalue weighted by molar-refractivity contribution is -0.157. The van der Waals surface area contributed by atoms with Gasteiger partial charge in [-0.2, -0.15) is 0 Å². The molecule has 12 nitrogen and oxygen atoms in total. The third kappa shape index (κ3) is 7.13. The van der Waals surface area contributed by atoms with Crippen LogP contribution >= 0.6 is 0 Å². The van der Waals surface area contributed by atoms with Crippen LogP contribution in [-0.2, 0) is 25.7 Å². The summed E-state index contributed by atoms with van der Waals surface area (Å²) in [6, 6.07) is 5.64. The number of amides is 2. The van der Waals surface area contributed by atoms with Gasteiger partial charge in [-0.1, -0.05) is 43.8 Å². The summed E-state index contributed by atoms with van der Waals surface area (Å²) in [4.78, 5) is 44.7. The first-order valence-corrected chi connectivity index (χ1v) is 15.0. The molecule has 4 atom stereocenters. The van der Waals surface area contributed by atoms with Crippen molar-refractivity contribution in [1.29, 1.82) is 0 Å². The predicted molar refractivity (Wildman–Crippen MR) is 165 cm³/mol. The molecule has 1 aromatic carbocycles. The van der Waals surface area contributed by atoms with Crippen molar-refractivity contribution in [2.24, 2.45) is 5.41 Å². The number of nitrogens with one attached hydrogen (secondary N) is 3. The number of cyclic esters (lactones) is 1. The molecule has 2 aromatic heterocycles. The Labute approximate surface area is 256 Å². The van der Waals surface area contributed by atoms with E-state index in [0.717, 1.165) is 22.0 Å². The number of hydrogen-bond acceptors (Lipinski definition) is 9. The van der Waals surface area contributed by atoms with E-state index >= 15 is 0 Å². The zero-order valence-electron chi connectivity index (χ0n) is 25.6. The highest BCUT2D eigenvalue weighted by Crippen LogP contribution is 2.28. The van der Waals surface area contributed by atoms with Crippen molar-refractivity contribution in [2.45, 2.75) is 77.7 Å². The van der Waals surface area contributed by atoms with Gasteiger partial charge in [0.15, 0.2) is 0 Å². The van der Waals surface area contributed by atoms with Crippen molar-refractivity contribution >= 4 is 34.6 Å². The van der Waals surface area contributed by atoms with Crippen molar-refractivity contribution in [3.05, 3.63) is 72.5 Å². The second kappa shape index (κ2) is 13.0. The predicted octanol–water partition coefficient (Wildman–Crippen LogP) is 3.05. The molecule has 5 bridgehead atoms. The molecule has 5 rings (SSSR count). The summed E-state index contributed by atoms with van der Waals surface area (Å²) in [5.41, 5.74) is 4.71. The first-order valence-electron chi connectivity index (χ1n) is 15.0. The molecule has 232 valence electrons. The molecule has 0 spiro atoms. The Morgan fingerprint density at radius 3 is 2.70 bits per heavy atom. The van der Waals surface area contributed by atoms with E-state index in [1.165, 1.54) is 5.01 Å². The molecule has 4 heterocycles. The Balaban J connectivity index is 1.47. The largest absolute Gasteiger partial charge is 0.457 e. The average molecular weight is 601 g/mol. The number of aryl methyl sites for hydroxylation is 1. The maximum atomic E-state index is 13.6. The van der Waals surface area contributed by atoms with E-state index in [1.807, 2.05) is 63.4 Å². The standard InChI is InChI=1S/C32H40N8O4/c1-20-30(42)40-14-6-7-28(37-40)31(43)44-21(2)23-8-9-24-19-33-26(18-25(24)17-23)10-12-32(4,5)22(3)36-27(29(41)35-20)11-15-39-16-13-34-38-39/h8-10,12-13,16-21,27-28,36-37H,3,6-7,11,14-15H2,1-2,4-5H3,(H,35,41)/b12-10+/t20-,21+,27-,28-/m0/s1. The van der Waals surface area contributed by atoms with E-state index < -0.39 is 35.6 Å². The van der Waals surface area contributed by atoms with E-state index in [9.17, 15) is 14.4 Å². The maximum Gasteiger partial charge on any atom is 0.325 e. The lowest BCUT2D eigenvalue weighted by atomic mass is 9.88. The highest BCUT2D eigenvalue weighted by atomic mass is 16.5. The van der Waals surface area contributed by atoms with Crippen LogP contribution in [0.3, 0.4) is 0 Å². The Morgan fingerprint density at radius 2 is 1.93 bits per heavy atom. The van der Waals surface area contributed by atoms with Gasteiger partial charge in [-0.15, -0.1) is 5.10 Å². The quantitative estimate of drug-likeness (QED) is 0.387. The number of hydrogen-bond donors (Lipinski definition) is 3. The molecular formula is C32H40N8O4. The van der Waals surface area contributed by atoms with Crippen LogP contribution in [0.5, 0.6) is 0 Å². The number of allylic oxidation sites excluding steroid dienone is 1. The highest BCUT2D eigenvalue weighted by molar-refractivity contribution is 5.90. The maximum absolute atomic E-state index is 13.6. The Morgan fingerprint density at radius 1 is 1.11 bits per heavy atom. The molecule has 0 radical (unpaired) electrons. The molecule has 3 aromatic rings. The molecule has 0 aliphatic carbocycles. The van der Waals surface area contributed by atoms with Gasteiger partial charge in [-0.3, -0.25) is 29.1 Å². The van der Waals surface area contributed by atoms with E-state index in [1.54, 1.807) is 24.0 Å². The monoisotopic (exact) mass is 600 g/mol. The van der Waals surface area contributed by atoms with Crippen LogP contribution in [0.2, 0.25) is 0 Å². The van der Waals surface area contributed by atoms with Gasteiger partial charge >= 0.3 is 5.97 Å². The van der Waals surface area contributed by atoms with Gasteiger partial charge in [-0.05, 0) is 62.3 Å². The van der Waals surface area contributed by atoms with Gasteiger partial charge in [0.2, 0.25) is 5.91 Å². The minimum atomic E-state index is -0.848. The van der Waals surface area contributed by atoms with Crippen LogP contribution in [-0.4, -0.2) is 67.4 Å². The summed E-state index contributed by atoms with van der Waals surface area (Å²) in [7, 11) is 0. The number of pyridine rings is 1. The zero-order chi connectivity index (χ0) is 31.4. The van der Waals surface area contributed by atoms with Crippen LogP contribution < -0.4 is 16.1 Å². The number of ether oxygens (including phenoxy) is 1. The van der Waals surface area contributed by atoms with E-state index in [-0.39, 0.29) is 11.8 Å². The highest BCUT2D eigenvalue weighted by Gasteiger charge is 2.33. The van der Waals surface area contributed by atoms with Crippen LogP contribution in [0.1, 0.15) is 64.3 Å². The number of rotatable bonds is 3. The third-order valence-electron chi connectivity index (χ3n) is 8.23. The van der Waals surface area contributed by atoms with E-state index in [2.05, 4.69) is 37.9 Å². The van der Waals surface area contributed by atoms with Crippen molar-refractivity contribution in [3.63, 3.8) is 0 Å². The van der Waals surface area contributed by atoms with Gasteiger partial charge in [0.1, 0.15) is 24.2 Å². The second-order valence-corrected chi connectivity index (χ2v) is 12.0. The number of fused-ring (bicyclic) bond motifs is 4. The first-order chi connectivity index (χ1) is 21.0. The topological polar surface area (TPSA) is 143 Å². The third-order valence-corrected chi connectivity index (χ3v) is 8.23. The van der Waals surface area contributed by atoms with Crippen LogP contribution in [0, 0.1) is 5.41 Å². The smallest absolute Gasteiger partial charge is 0.325 e. The van der Waals surface area contributed by atoms with Gasteiger partial charge in [0, 0.05) is 42.0 Å². The molecule has 1 fully saturated rings. The number of hydrazine groups is 1. The van der Waals surface area contributed by atoms with E-state index in [0.29, 0.717) is 38.0 Å². The summed E-state index contributed by atoms with van der Waals surface area (Å²) in [6.07, 6.45) is 10.1. The van der Waals surface area contributed by atoms with Crippen LogP contribution in [0.15, 0.2) is 61.2 Å². The van der Waals surface area contributed by atoms with Crippen LogP contribution in [0.4, 0.5) is 0 Å². The number of aromatic nitrogens is 4. The molecule has 12 heteroatoms. The average Bonchev–Trinajstić information content (AvgIpc) is 3.54. The minimum absolute atomic E-state index is 0.343. The molecule has 2 aliphatic heterocycles. The molecule has 44 heavy (non-hydrogen) atoms. The van der Waals surface area contributed by atoms with Crippen molar-refractivity contribution < 1.29 is 19.1 Å². The molecule has 2 aliphatic rings. The summed E-state index contributed by atoms with van der Waals surface area (Å²) in [5, 5.41) is 17.3. The van der Waals surface area contributed by atoms with Gasteiger partial charge in [0.25, 0.3) is 5.91 Å². The molecule has 2 amide bonds. The number of carbonyl (C=O) groups excluding carboxylic acids is 3. The fourth-order valence-corrected chi connectivity index (χ4v) is 5.24. The van der Waals surface area contributed by atoms with Gasteiger partial charge in [0.05, 0.1) is 11.9 Å². The zero-order valence-corrected chi connectivity index (χ0v) is 25.6. The number of esters is 1. The summed E-state index contributed by atoms with van der Waals surface area (Å²) in [5.74, 6) is -1.13. The summed E-state index contributed by atoms with van der Waals surface area (Å²) in [6.45, 7) is 12.6. The lowest BCUT2D eigenvalue weighted by Gasteiger charge is -2.35. The number of nitrogens with zero attached hydrogens (tertiary/aromatic N) is 5. The summed E-state index contributed by atoms with van der Waals surface area (Å²) < 4.78 is 7.49. The molecule has 1 saturated heterocycles. The van der Waals surface area contributed by atoms with Gasteiger partial charge in [-0.25, -0.2) is 5.43 Å². The fraction of sp³-hybridized carbons (Fsp3) is 0.438. The van der Waals surface area contributed by atoms with E-state index in [4.69, 9.17) is 4.74 Å².